The predicted octanol–water partition coefficient (Wildman–Crippen LogP) is 15.3. The van der Waals surface area contributed by atoms with Crippen LogP contribution < -0.4 is 4.90 Å². The van der Waals surface area contributed by atoms with Gasteiger partial charge in [0.25, 0.3) is 0 Å². The van der Waals surface area contributed by atoms with E-state index in [9.17, 15) is 0 Å². The van der Waals surface area contributed by atoms with Gasteiger partial charge in [0.2, 0.25) is 0 Å². The summed E-state index contributed by atoms with van der Waals surface area (Å²) < 4.78 is 0. The molecule has 0 N–H and O–H groups in total. The van der Waals surface area contributed by atoms with E-state index in [0.29, 0.717) is 10.8 Å². The monoisotopic (exact) mass is 741 g/mol. The molecule has 0 bridgehead atoms. The molecular weight excluding hydrogens is 699 g/mol. The van der Waals surface area contributed by atoms with Gasteiger partial charge in [0.1, 0.15) is 0 Å². The average molecular weight is 742 g/mol. The number of hydrogen-bond donors (Lipinski definition) is 0. The molecule has 0 aromatic heterocycles. The van der Waals surface area contributed by atoms with E-state index in [-0.39, 0.29) is 0 Å². The number of benzene rings is 9. The molecular formula is C57H43N. The van der Waals surface area contributed by atoms with E-state index in [1.165, 1.54) is 103 Å². The Morgan fingerprint density at radius 3 is 1.60 bits per heavy atom. The minimum absolute atomic E-state index is 0.449. The quantitative estimate of drug-likeness (QED) is 0.157. The summed E-state index contributed by atoms with van der Waals surface area (Å²) in [5.41, 5.74) is 13.8. The van der Waals surface area contributed by atoms with Crippen molar-refractivity contribution in [2.45, 2.75) is 31.1 Å². The maximum Gasteiger partial charge on any atom is 0.0540 e. The van der Waals surface area contributed by atoms with E-state index in [0.717, 1.165) is 23.4 Å². The molecule has 4 aliphatic carbocycles. The second-order valence-electron chi connectivity index (χ2n) is 17.8. The van der Waals surface area contributed by atoms with E-state index >= 15 is 0 Å². The zero-order valence-corrected chi connectivity index (χ0v) is 32.5. The molecule has 4 fully saturated rings. The Hall–Kier alpha value is -6.44. The van der Waals surface area contributed by atoms with Crippen molar-refractivity contribution in [2.75, 3.05) is 4.90 Å². The van der Waals surface area contributed by atoms with Crippen LogP contribution in [0.2, 0.25) is 0 Å². The van der Waals surface area contributed by atoms with Crippen LogP contribution in [0.1, 0.15) is 31.2 Å². The normalized spacial score (nSPS) is 23.6. The summed E-state index contributed by atoms with van der Waals surface area (Å²) in [7, 11) is 0. The van der Waals surface area contributed by atoms with Crippen molar-refractivity contribution in [1.29, 1.82) is 0 Å². The van der Waals surface area contributed by atoms with Gasteiger partial charge in [0, 0.05) is 22.2 Å². The maximum atomic E-state index is 2.50. The molecule has 1 heteroatoms. The second-order valence-corrected chi connectivity index (χ2v) is 17.8. The number of nitrogens with zero attached hydrogens (tertiary/aromatic N) is 1. The topological polar surface area (TPSA) is 3.24 Å². The summed E-state index contributed by atoms with van der Waals surface area (Å²) in [4.78, 5) is 2.49. The maximum absolute atomic E-state index is 2.50. The van der Waals surface area contributed by atoms with Crippen molar-refractivity contribution in [3.8, 4) is 33.4 Å². The molecule has 0 amide bonds. The minimum Gasteiger partial charge on any atom is -0.310 e. The van der Waals surface area contributed by atoms with E-state index in [4.69, 9.17) is 0 Å². The average Bonchev–Trinajstić information content (AvgIpc) is 3.26. The molecule has 9 aromatic rings. The van der Waals surface area contributed by atoms with Gasteiger partial charge in [-0.15, -0.1) is 0 Å². The molecule has 0 aliphatic heterocycles. The first-order chi connectivity index (χ1) is 28.7. The lowest BCUT2D eigenvalue weighted by atomic mass is 9.12. The highest BCUT2D eigenvalue weighted by molar-refractivity contribution is 6.10. The van der Waals surface area contributed by atoms with Crippen molar-refractivity contribution in [3.05, 3.63) is 200 Å². The SMILES string of the molecule is c1ccc(-c2ccc3cc(-c4ccc(N(c5ccc(C67CC8CC9CC(C6)C987)cc5)c5ccc(-c6cccc7ccccc67)c6ccccc56)cc4)ccc3c2)cc1. The van der Waals surface area contributed by atoms with Crippen molar-refractivity contribution in [2.24, 2.45) is 23.2 Å². The largest absolute Gasteiger partial charge is 0.310 e. The van der Waals surface area contributed by atoms with Crippen LogP contribution in [0.25, 0.3) is 65.7 Å². The van der Waals surface area contributed by atoms with Crippen molar-refractivity contribution >= 4 is 49.4 Å². The Bertz CT molecular complexity index is 3050. The summed E-state index contributed by atoms with van der Waals surface area (Å²) in [6.07, 6.45) is 5.81. The third-order valence-electron chi connectivity index (χ3n) is 15.5. The Kier molecular flexibility index (Phi) is 6.77. The molecule has 2 unspecified atom stereocenters. The van der Waals surface area contributed by atoms with Crippen LogP contribution >= 0.6 is 0 Å². The van der Waals surface area contributed by atoms with Crippen molar-refractivity contribution in [1.82, 2.24) is 0 Å². The van der Waals surface area contributed by atoms with Gasteiger partial charge in [-0.05, 0) is 157 Å². The van der Waals surface area contributed by atoms with E-state index in [1.807, 2.05) is 0 Å². The number of anilines is 3. The third kappa shape index (κ3) is 4.37. The lowest BCUT2D eigenvalue weighted by Gasteiger charge is -2.91. The standard InChI is InChI=1S/C57H43N/c1-2-9-37(10-3-1)40-17-19-43-32-41(18-20-42(43)31-40)38-21-25-48(26-22-38)58(49-27-23-44(24-28-49)56-35-46-33-45-34-47(36-56)57(45,46)56)55-30-29-53(52-14-6-7-15-54(52)55)51-16-8-12-39-11-4-5-13-50(39)51/h1-32,45-47H,33-36H2. The third-order valence-corrected chi connectivity index (χ3v) is 15.5. The lowest BCUT2D eigenvalue weighted by molar-refractivity contribution is -0.395. The number of hydrogen-bond acceptors (Lipinski definition) is 1. The fraction of sp³-hybridized carbons (Fsp3) is 0.158. The van der Waals surface area contributed by atoms with Gasteiger partial charge in [-0.25, -0.2) is 0 Å². The summed E-state index contributed by atoms with van der Waals surface area (Å²) >= 11 is 0. The van der Waals surface area contributed by atoms with Crippen molar-refractivity contribution in [3.63, 3.8) is 0 Å². The predicted molar refractivity (Wildman–Crippen MR) is 243 cm³/mol. The smallest absolute Gasteiger partial charge is 0.0540 e. The van der Waals surface area contributed by atoms with Gasteiger partial charge >= 0.3 is 0 Å². The van der Waals surface area contributed by atoms with E-state index < -0.39 is 0 Å². The first-order valence-corrected chi connectivity index (χ1v) is 21.3. The number of fused-ring (bicyclic) bond motifs is 3. The highest BCUT2D eigenvalue weighted by Gasteiger charge is 2.87. The fourth-order valence-electron chi connectivity index (χ4n) is 13.0. The van der Waals surface area contributed by atoms with Gasteiger partial charge in [-0.1, -0.05) is 152 Å². The summed E-state index contributed by atoms with van der Waals surface area (Å²) in [5, 5.41) is 7.58. The molecule has 0 saturated heterocycles. The van der Waals surface area contributed by atoms with Gasteiger partial charge in [0.15, 0.2) is 0 Å². The highest BCUT2D eigenvalue weighted by atomic mass is 15.1. The zero-order valence-electron chi connectivity index (χ0n) is 32.5. The van der Waals surface area contributed by atoms with Crippen LogP contribution in [0, 0.1) is 23.2 Å². The molecule has 4 aliphatic rings. The molecule has 0 radical (unpaired) electrons. The van der Waals surface area contributed by atoms with Crippen LogP contribution in [0.4, 0.5) is 17.1 Å². The summed E-state index contributed by atoms with van der Waals surface area (Å²) in [6, 6.07) is 72.5. The fourth-order valence-corrected chi connectivity index (χ4v) is 13.0. The molecule has 9 aromatic carbocycles. The molecule has 0 heterocycles. The zero-order chi connectivity index (χ0) is 38.0. The van der Waals surface area contributed by atoms with Crippen LogP contribution in [-0.4, -0.2) is 0 Å². The lowest BCUT2D eigenvalue weighted by Crippen LogP contribution is -2.87. The summed E-state index contributed by atoms with van der Waals surface area (Å²) in [5.74, 6) is 3.00. The highest BCUT2D eigenvalue weighted by Crippen LogP contribution is 2.92. The molecule has 1 nitrogen and oxygen atoms in total. The van der Waals surface area contributed by atoms with Gasteiger partial charge in [0.05, 0.1) is 5.69 Å². The molecule has 2 atom stereocenters. The Morgan fingerprint density at radius 2 is 0.931 bits per heavy atom. The van der Waals surface area contributed by atoms with Crippen LogP contribution in [0.15, 0.2) is 194 Å². The first-order valence-electron chi connectivity index (χ1n) is 21.3. The van der Waals surface area contributed by atoms with E-state index in [1.54, 1.807) is 5.56 Å². The number of rotatable bonds is 7. The van der Waals surface area contributed by atoms with E-state index in [2.05, 4.69) is 199 Å². The second kappa shape index (κ2) is 12.0. The Labute approximate surface area is 340 Å². The molecule has 13 rings (SSSR count). The minimum atomic E-state index is 0.449. The van der Waals surface area contributed by atoms with Crippen LogP contribution in [-0.2, 0) is 5.41 Å². The molecule has 276 valence electrons. The van der Waals surface area contributed by atoms with Gasteiger partial charge in [-0.2, -0.15) is 0 Å². The van der Waals surface area contributed by atoms with Gasteiger partial charge < -0.3 is 4.90 Å². The van der Waals surface area contributed by atoms with Crippen LogP contribution in [0.5, 0.6) is 0 Å². The first kappa shape index (κ1) is 32.6. The summed E-state index contributed by atoms with van der Waals surface area (Å²) in [6.45, 7) is 0. The van der Waals surface area contributed by atoms with Gasteiger partial charge in [-0.3, -0.25) is 0 Å². The molecule has 58 heavy (non-hydrogen) atoms. The molecule has 4 saturated carbocycles. The van der Waals surface area contributed by atoms with Crippen LogP contribution in [0.3, 0.4) is 0 Å². The Morgan fingerprint density at radius 1 is 0.379 bits per heavy atom. The Balaban J connectivity index is 0.909. The van der Waals surface area contributed by atoms with Crippen molar-refractivity contribution < 1.29 is 0 Å². The molecule has 1 spiro atoms.